The first-order valence-corrected chi connectivity index (χ1v) is 13.8. The number of benzene rings is 4. The van der Waals surface area contributed by atoms with Crippen LogP contribution in [0.5, 0.6) is 11.5 Å². The zero-order valence-corrected chi connectivity index (χ0v) is 23.5. The van der Waals surface area contributed by atoms with Gasteiger partial charge in [0.2, 0.25) is 0 Å². The lowest BCUT2D eigenvalue weighted by atomic mass is 9.78. The Morgan fingerprint density at radius 3 is 2.34 bits per heavy atom. The van der Waals surface area contributed by atoms with Gasteiger partial charge in [0, 0.05) is 28.3 Å². The SMILES string of the molecule is COc1ccc([C@H]2CC(=O)C3=C(C2)Nc2ccccc2N(C(=O)c2ccccc2)[C@@H]3c2cccc(Cl)c2)cc1OC. The van der Waals surface area contributed by atoms with Crippen LogP contribution in [-0.2, 0) is 4.79 Å². The molecule has 4 aromatic carbocycles. The lowest BCUT2D eigenvalue weighted by molar-refractivity contribution is -0.116. The number of Topliss-reactive ketones (excluding diaryl/α,β-unsaturated/α-hetero) is 1. The lowest BCUT2D eigenvalue weighted by Gasteiger charge is -2.35. The predicted octanol–water partition coefficient (Wildman–Crippen LogP) is 7.57. The van der Waals surface area contributed by atoms with Crippen molar-refractivity contribution in [2.45, 2.75) is 24.8 Å². The Morgan fingerprint density at radius 2 is 1.59 bits per heavy atom. The second kappa shape index (κ2) is 11.1. The van der Waals surface area contributed by atoms with E-state index in [1.165, 1.54) is 0 Å². The van der Waals surface area contributed by atoms with E-state index in [2.05, 4.69) is 5.32 Å². The molecule has 206 valence electrons. The van der Waals surface area contributed by atoms with Crippen LogP contribution in [0.15, 0.2) is 108 Å². The van der Waals surface area contributed by atoms with E-state index < -0.39 is 6.04 Å². The molecule has 1 aliphatic heterocycles. The Hall–Kier alpha value is -4.55. The number of fused-ring (bicyclic) bond motifs is 1. The van der Waals surface area contributed by atoms with Gasteiger partial charge in [0.05, 0.1) is 31.6 Å². The number of halogens is 1. The van der Waals surface area contributed by atoms with Crippen molar-refractivity contribution in [3.63, 3.8) is 0 Å². The molecule has 7 heteroatoms. The van der Waals surface area contributed by atoms with Gasteiger partial charge in [-0.25, -0.2) is 0 Å². The number of rotatable bonds is 5. The number of ketones is 1. The van der Waals surface area contributed by atoms with Crippen LogP contribution in [0.4, 0.5) is 11.4 Å². The Labute approximate surface area is 244 Å². The van der Waals surface area contributed by atoms with E-state index in [0.717, 1.165) is 22.5 Å². The zero-order valence-electron chi connectivity index (χ0n) is 22.8. The normalized spacial score (nSPS) is 18.1. The molecule has 1 amide bonds. The predicted molar refractivity (Wildman–Crippen MR) is 161 cm³/mol. The fourth-order valence-corrected chi connectivity index (χ4v) is 6.07. The second-order valence-corrected chi connectivity index (χ2v) is 10.6. The number of ether oxygens (including phenoxy) is 2. The number of carbonyl (C=O) groups excluding carboxylic acids is 2. The average Bonchev–Trinajstić information content (AvgIpc) is 3.15. The molecule has 1 aliphatic carbocycles. The summed E-state index contributed by atoms with van der Waals surface area (Å²) in [5.41, 5.74) is 5.10. The first kappa shape index (κ1) is 26.7. The number of anilines is 2. The van der Waals surface area contributed by atoms with Crippen molar-refractivity contribution in [1.29, 1.82) is 0 Å². The number of nitrogens with one attached hydrogen (secondary N) is 1. The number of hydrogen-bond acceptors (Lipinski definition) is 5. The molecule has 41 heavy (non-hydrogen) atoms. The Kier molecular flexibility index (Phi) is 7.25. The summed E-state index contributed by atoms with van der Waals surface area (Å²) in [7, 11) is 3.20. The van der Waals surface area contributed by atoms with Gasteiger partial charge in [0.1, 0.15) is 0 Å². The number of amides is 1. The highest BCUT2D eigenvalue weighted by Gasteiger charge is 2.42. The molecule has 2 atom stereocenters. The van der Waals surface area contributed by atoms with Gasteiger partial charge in [0.15, 0.2) is 17.3 Å². The van der Waals surface area contributed by atoms with Crippen molar-refractivity contribution < 1.29 is 19.1 Å². The Bertz CT molecular complexity index is 1670. The molecular formula is C34H29ClN2O4. The van der Waals surface area contributed by atoms with Crippen molar-refractivity contribution >= 4 is 34.7 Å². The van der Waals surface area contributed by atoms with Gasteiger partial charge in [-0.1, -0.05) is 60.1 Å². The number of allylic oxidation sites excluding steroid dienone is 1. The van der Waals surface area contributed by atoms with Crippen LogP contribution in [0.25, 0.3) is 0 Å². The maximum absolute atomic E-state index is 14.3. The highest BCUT2D eigenvalue weighted by atomic mass is 35.5. The molecule has 4 aromatic rings. The molecule has 0 radical (unpaired) electrons. The fraction of sp³-hybridized carbons (Fsp3) is 0.176. The maximum Gasteiger partial charge on any atom is 0.259 e. The Morgan fingerprint density at radius 1 is 0.829 bits per heavy atom. The lowest BCUT2D eigenvalue weighted by Crippen LogP contribution is -2.38. The van der Waals surface area contributed by atoms with E-state index in [4.69, 9.17) is 21.1 Å². The van der Waals surface area contributed by atoms with Gasteiger partial charge in [-0.05, 0) is 72.0 Å². The van der Waals surface area contributed by atoms with Crippen LogP contribution < -0.4 is 19.7 Å². The van der Waals surface area contributed by atoms with Crippen LogP contribution in [0, 0.1) is 0 Å². The standard InChI is InChI=1S/C34H29ClN2O4/c1-40-30-16-15-22(20-31(30)41-2)24-18-27-32(29(38)19-24)33(23-11-8-12-25(35)17-23)37(28-14-7-6-13-26(28)36-27)34(39)21-9-4-3-5-10-21/h3-17,20,24,33,36H,18-19H2,1-2H3/t24-,33-/m1/s1. The van der Waals surface area contributed by atoms with E-state index in [1.54, 1.807) is 37.3 Å². The average molecular weight is 565 g/mol. The van der Waals surface area contributed by atoms with Gasteiger partial charge in [-0.15, -0.1) is 0 Å². The first-order valence-electron chi connectivity index (χ1n) is 13.5. The Balaban J connectivity index is 1.53. The van der Waals surface area contributed by atoms with Gasteiger partial charge >= 0.3 is 0 Å². The third-order valence-electron chi connectivity index (χ3n) is 7.77. The molecule has 0 fully saturated rings. The van der Waals surface area contributed by atoms with Gasteiger partial charge in [0.25, 0.3) is 5.91 Å². The highest BCUT2D eigenvalue weighted by Crippen LogP contribution is 2.48. The van der Waals surface area contributed by atoms with Crippen molar-refractivity contribution in [3.8, 4) is 11.5 Å². The molecular weight excluding hydrogens is 536 g/mol. The molecule has 1 heterocycles. The van der Waals surface area contributed by atoms with Crippen LogP contribution in [0.1, 0.15) is 46.3 Å². The highest BCUT2D eigenvalue weighted by molar-refractivity contribution is 6.30. The van der Waals surface area contributed by atoms with E-state index >= 15 is 0 Å². The minimum absolute atomic E-state index is 0.0258. The molecule has 0 spiro atoms. The summed E-state index contributed by atoms with van der Waals surface area (Å²) in [5.74, 6) is 0.941. The number of nitrogens with zero attached hydrogens (tertiary/aromatic N) is 1. The minimum atomic E-state index is -0.675. The number of carbonyl (C=O) groups is 2. The summed E-state index contributed by atoms with van der Waals surface area (Å²) >= 11 is 6.48. The molecule has 0 saturated heterocycles. The molecule has 0 unspecified atom stereocenters. The summed E-state index contributed by atoms with van der Waals surface area (Å²) in [5, 5.41) is 4.11. The monoisotopic (exact) mass is 564 g/mol. The van der Waals surface area contributed by atoms with Gasteiger partial charge in [-0.3, -0.25) is 14.5 Å². The van der Waals surface area contributed by atoms with Crippen molar-refractivity contribution in [2.75, 3.05) is 24.4 Å². The molecule has 1 N–H and O–H groups in total. The third-order valence-corrected chi connectivity index (χ3v) is 8.01. The smallest absolute Gasteiger partial charge is 0.259 e. The van der Waals surface area contributed by atoms with E-state index in [1.807, 2.05) is 78.9 Å². The first-order chi connectivity index (χ1) is 20.0. The number of para-hydroxylation sites is 2. The molecule has 6 rings (SSSR count). The quantitative estimate of drug-likeness (QED) is 0.271. The van der Waals surface area contributed by atoms with Crippen LogP contribution in [0.3, 0.4) is 0 Å². The number of hydrogen-bond donors (Lipinski definition) is 1. The molecule has 6 nitrogen and oxygen atoms in total. The second-order valence-electron chi connectivity index (χ2n) is 10.2. The molecule has 0 bridgehead atoms. The summed E-state index contributed by atoms with van der Waals surface area (Å²) in [6, 6.07) is 29.4. The van der Waals surface area contributed by atoms with E-state index in [9.17, 15) is 9.59 Å². The fourth-order valence-electron chi connectivity index (χ4n) is 5.87. The van der Waals surface area contributed by atoms with Crippen LogP contribution >= 0.6 is 11.6 Å². The van der Waals surface area contributed by atoms with Gasteiger partial charge in [-0.2, -0.15) is 0 Å². The minimum Gasteiger partial charge on any atom is -0.493 e. The number of methoxy groups -OCH3 is 2. The van der Waals surface area contributed by atoms with E-state index in [-0.39, 0.29) is 24.0 Å². The summed E-state index contributed by atoms with van der Waals surface area (Å²) in [4.78, 5) is 30.3. The topological polar surface area (TPSA) is 67.9 Å². The van der Waals surface area contributed by atoms with Crippen molar-refractivity contribution in [3.05, 3.63) is 130 Å². The van der Waals surface area contributed by atoms with Crippen molar-refractivity contribution in [2.24, 2.45) is 0 Å². The van der Waals surface area contributed by atoms with Crippen LogP contribution in [0.2, 0.25) is 5.02 Å². The van der Waals surface area contributed by atoms with Gasteiger partial charge < -0.3 is 14.8 Å². The summed E-state index contributed by atoms with van der Waals surface area (Å²) in [6.07, 6.45) is 0.867. The third kappa shape index (κ3) is 4.96. The zero-order chi connectivity index (χ0) is 28.5. The summed E-state index contributed by atoms with van der Waals surface area (Å²) in [6.45, 7) is 0. The summed E-state index contributed by atoms with van der Waals surface area (Å²) < 4.78 is 11.0. The van der Waals surface area contributed by atoms with Crippen molar-refractivity contribution in [1.82, 2.24) is 0 Å². The molecule has 0 aromatic heterocycles. The molecule has 2 aliphatic rings. The van der Waals surface area contributed by atoms with Crippen LogP contribution in [-0.4, -0.2) is 25.9 Å². The van der Waals surface area contributed by atoms with E-state index in [0.29, 0.717) is 39.8 Å². The molecule has 0 saturated carbocycles. The largest absolute Gasteiger partial charge is 0.493 e. The maximum atomic E-state index is 14.3.